The third-order valence-corrected chi connectivity index (χ3v) is 5.31. The van der Waals surface area contributed by atoms with Crippen LogP contribution in [0.3, 0.4) is 0 Å². The van der Waals surface area contributed by atoms with Crippen LogP contribution < -0.4 is 14.8 Å². The van der Waals surface area contributed by atoms with E-state index in [2.05, 4.69) is 5.32 Å². The molecule has 0 saturated carbocycles. The summed E-state index contributed by atoms with van der Waals surface area (Å²) < 4.78 is 33.9. The summed E-state index contributed by atoms with van der Waals surface area (Å²) in [7, 11) is -1.66. The van der Waals surface area contributed by atoms with Gasteiger partial charge in [-0.25, -0.2) is 8.42 Å². The number of carbonyl (C=O) groups excluding carboxylic acids is 1. The first-order valence-electron chi connectivity index (χ1n) is 8.65. The van der Waals surface area contributed by atoms with Gasteiger partial charge in [-0.3, -0.25) is 4.79 Å². The van der Waals surface area contributed by atoms with Gasteiger partial charge < -0.3 is 14.8 Å². The molecule has 0 spiro atoms. The maximum absolute atomic E-state index is 12.5. The molecule has 0 heterocycles. The summed E-state index contributed by atoms with van der Waals surface area (Å²) in [6.07, 6.45) is 1.15. The minimum absolute atomic E-state index is 0.229. The van der Waals surface area contributed by atoms with Gasteiger partial charge in [0.1, 0.15) is 11.5 Å². The number of amides is 1. The van der Waals surface area contributed by atoms with Crippen LogP contribution in [-0.2, 0) is 14.6 Å². The molecule has 2 rings (SSSR count). The number of carbonyl (C=O) groups is 1. The monoisotopic (exact) mass is 391 g/mol. The summed E-state index contributed by atoms with van der Waals surface area (Å²) >= 11 is 0. The number of nitrogens with one attached hydrogen (secondary N) is 1. The van der Waals surface area contributed by atoms with Gasteiger partial charge in [0, 0.05) is 6.26 Å². The number of hydrogen-bond donors (Lipinski definition) is 1. The lowest BCUT2D eigenvalue weighted by atomic mass is 10.0. The van der Waals surface area contributed by atoms with Crippen molar-refractivity contribution in [1.82, 2.24) is 5.32 Å². The smallest absolute Gasteiger partial charge is 0.261 e. The van der Waals surface area contributed by atoms with E-state index in [1.54, 1.807) is 62.6 Å². The molecule has 0 aliphatic rings. The summed E-state index contributed by atoms with van der Waals surface area (Å²) in [5, 5.41) is 2.95. The molecule has 0 aliphatic carbocycles. The van der Waals surface area contributed by atoms with Crippen LogP contribution in [0.15, 0.2) is 53.4 Å². The van der Waals surface area contributed by atoms with Crippen LogP contribution in [0, 0.1) is 0 Å². The first kappa shape index (κ1) is 20.8. The molecule has 0 bridgehead atoms. The van der Waals surface area contributed by atoms with E-state index in [0.717, 1.165) is 5.56 Å². The summed E-state index contributed by atoms with van der Waals surface area (Å²) in [6.45, 7) is 3.63. The molecule has 2 aromatic carbocycles. The zero-order valence-electron chi connectivity index (χ0n) is 15.9. The second-order valence-corrected chi connectivity index (χ2v) is 8.26. The standard InChI is InChI=1S/C20H25NO5S/c1-5-19(15-6-12-18(13-7-15)27(4,23)24)21-20(22)14(2)26-17-10-8-16(25-3)9-11-17/h6-14,19H,5H2,1-4H3,(H,21,22)/t14-,19+/m0/s1. The number of benzene rings is 2. The van der Waals surface area contributed by atoms with E-state index in [1.807, 2.05) is 6.92 Å². The lowest BCUT2D eigenvalue weighted by Crippen LogP contribution is -2.38. The van der Waals surface area contributed by atoms with Crippen LogP contribution in [0.1, 0.15) is 31.9 Å². The average Bonchev–Trinajstić information content (AvgIpc) is 2.66. The third kappa shape index (κ3) is 5.72. The molecular weight excluding hydrogens is 366 g/mol. The fourth-order valence-electron chi connectivity index (χ4n) is 2.57. The minimum atomic E-state index is -3.24. The molecule has 1 amide bonds. The Labute approximate surface area is 160 Å². The topological polar surface area (TPSA) is 81.7 Å². The molecule has 0 unspecified atom stereocenters. The zero-order chi connectivity index (χ0) is 20.0. The molecule has 2 atom stereocenters. The van der Waals surface area contributed by atoms with Gasteiger partial charge in [-0.15, -0.1) is 0 Å². The van der Waals surface area contributed by atoms with Gasteiger partial charge in [-0.2, -0.15) is 0 Å². The lowest BCUT2D eigenvalue weighted by molar-refractivity contribution is -0.128. The van der Waals surface area contributed by atoms with E-state index in [-0.39, 0.29) is 16.8 Å². The van der Waals surface area contributed by atoms with Gasteiger partial charge in [0.2, 0.25) is 0 Å². The molecule has 0 aromatic heterocycles. The highest BCUT2D eigenvalue weighted by Crippen LogP contribution is 2.21. The summed E-state index contributed by atoms with van der Waals surface area (Å²) in [5.41, 5.74) is 0.842. The second kappa shape index (κ2) is 8.90. The van der Waals surface area contributed by atoms with Gasteiger partial charge in [0.15, 0.2) is 15.9 Å². The Balaban J connectivity index is 2.02. The van der Waals surface area contributed by atoms with E-state index < -0.39 is 15.9 Å². The van der Waals surface area contributed by atoms with E-state index >= 15 is 0 Å². The zero-order valence-corrected chi connectivity index (χ0v) is 16.7. The molecule has 0 aliphatic heterocycles. The Bertz CT molecular complexity index is 860. The molecule has 7 heteroatoms. The molecule has 0 fully saturated rings. The highest BCUT2D eigenvalue weighted by molar-refractivity contribution is 7.90. The Morgan fingerprint density at radius 1 is 1.04 bits per heavy atom. The number of hydrogen-bond acceptors (Lipinski definition) is 5. The van der Waals surface area contributed by atoms with Gasteiger partial charge in [0.25, 0.3) is 5.91 Å². The number of rotatable bonds is 8. The maximum atomic E-state index is 12.5. The number of methoxy groups -OCH3 is 1. The minimum Gasteiger partial charge on any atom is -0.497 e. The fourth-order valence-corrected chi connectivity index (χ4v) is 3.20. The van der Waals surface area contributed by atoms with Crippen LogP contribution in [0.25, 0.3) is 0 Å². The van der Waals surface area contributed by atoms with Crippen LogP contribution in [0.4, 0.5) is 0 Å². The van der Waals surface area contributed by atoms with Crippen LogP contribution in [0.2, 0.25) is 0 Å². The van der Waals surface area contributed by atoms with E-state index in [4.69, 9.17) is 9.47 Å². The highest BCUT2D eigenvalue weighted by Gasteiger charge is 2.20. The van der Waals surface area contributed by atoms with Crippen molar-refractivity contribution in [2.75, 3.05) is 13.4 Å². The summed E-state index contributed by atoms with van der Waals surface area (Å²) in [5.74, 6) is 1.04. The second-order valence-electron chi connectivity index (χ2n) is 6.25. The molecule has 0 radical (unpaired) electrons. The SMILES string of the molecule is CC[C@@H](NC(=O)[C@H](C)Oc1ccc(OC)cc1)c1ccc(S(C)(=O)=O)cc1. The van der Waals surface area contributed by atoms with Crippen molar-refractivity contribution in [2.24, 2.45) is 0 Å². The fraction of sp³-hybridized carbons (Fsp3) is 0.350. The van der Waals surface area contributed by atoms with E-state index in [1.165, 1.54) is 6.26 Å². The average molecular weight is 391 g/mol. The van der Waals surface area contributed by atoms with Gasteiger partial charge in [-0.1, -0.05) is 19.1 Å². The number of sulfone groups is 1. The summed E-state index contributed by atoms with van der Waals surface area (Å²) in [4.78, 5) is 12.7. The van der Waals surface area contributed by atoms with Crippen molar-refractivity contribution >= 4 is 15.7 Å². The van der Waals surface area contributed by atoms with Crippen molar-refractivity contribution in [3.05, 3.63) is 54.1 Å². The first-order valence-corrected chi connectivity index (χ1v) is 10.5. The molecule has 27 heavy (non-hydrogen) atoms. The normalized spacial score (nSPS) is 13.5. The molecule has 146 valence electrons. The van der Waals surface area contributed by atoms with Crippen LogP contribution in [0.5, 0.6) is 11.5 Å². The van der Waals surface area contributed by atoms with Crippen molar-refractivity contribution < 1.29 is 22.7 Å². The molecule has 1 N–H and O–H groups in total. The lowest BCUT2D eigenvalue weighted by Gasteiger charge is -2.21. The summed E-state index contributed by atoms with van der Waals surface area (Å²) in [6, 6.07) is 13.3. The van der Waals surface area contributed by atoms with Gasteiger partial charge in [0.05, 0.1) is 18.0 Å². The quantitative estimate of drug-likeness (QED) is 0.748. The predicted molar refractivity (Wildman–Crippen MR) is 104 cm³/mol. The van der Waals surface area contributed by atoms with Gasteiger partial charge in [-0.05, 0) is 55.3 Å². The van der Waals surface area contributed by atoms with Gasteiger partial charge >= 0.3 is 0 Å². The maximum Gasteiger partial charge on any atom is 0.261 e. The van der Waals surface area contributed by atoms with Crippen LogP contribution >= 0.6 is 0 Å². The van der Waals surface area contributed by atoms with Crippen LogP contribution in [-0.4, -0.2) is 33.8 Å². The van der Waals surface area contributed by atoms with Crippen molar-refractivity contribution in [2.45, 2.75) is 37.3 Å². The number of ether oxygens (including phenoxy) is 2. The molecular formula is C20H25NO5S. The van der Waals surface area contributed by atoms with Crippen molar-refractivity contribution in [3.63, 3.8) is 0 Å². The Hall–Kier alpha value is -2.54. The molecule has 6 nitrogen and oxygen atoms in total. The third-order valence-electron chi connectivity index (χ3n) is 4.18. The Morgan fingerprint density at radius 2 is 1.59 bits per heavy atom. The molecule has 0 saturated heterocycles. The highest BCUT2D eigenvalue weighted by atomic mass is 32.2. The largest absolute Gasteiger partial charge is 0.497 e. The van der Waals surface area contributed by atoms with E-state index in [0.29, 0.717) is 17.9 Å². The Kier molecular flexibility index (Phi) is 6.85. The van der Waals surface area contributed by atoms with Crippen molar-refractivity contribution in [1.29, 1.82) is 0 Å². The van der Waals surface area contributed by atoms with E-state index in [9.17, 15) is 13.2 Å². The first-order chi connectivity index (χ1) is 12.7. The molecule has 2 aromatic rings. The Morgan fingerprint density at radius 3 is 2.07 bits per heavy atom. The predicted octanol–water partition coefficient (Wildman–Crippen LogP) is 3.13. The van der Waals surface area contributed by atoms with Crippen molar-refractivity contribution in [3.8, 4) is 11.5 Å².